The number of hydrogen-bond donors (Lipinski definition) is 1. The largest absolute Gasteiger partial charge is 0.465 e. The molecule has 162 valence electrons. The molecule has 0 bridgehead atoms. The first-order valence-electron chi connectivity index (χ1n) is 10.0. The minimum atomic E-state index is -0.550. The number of fused-ring (bicyclic) bond motifs is 1. The molecule has 1 fully saturated rings. The van der Waals surface area contributed by atoms with E-state index < -0.39 is 5.97 Å². The molecule has 0 saturated carbocycles. The van der Waals surface area contributed by atoms with Gasteiger partial charge in [0.15, 0.2) is 0 Å². The minimum absolute atomic E-state index is 0.0151. The lowest BCUT2D eigenvalue weighted by Crippen LogP contribution is -2.40. The van der Waals surface area contributed by atoms with Crippen LogP contribution < -0.4 is 5.32 Å². The van der Waals surface area contributed by atoms with Crippen molar-refractivity contribution in [3.05, 3.63) is 35.6 Å². The number of furan rings is 1. The molecule has 0 unspecified atom stereocenters. The molecule has 0 spiro atoms. The molecule has 2 aromatic heterocycles. The molecule has 0 aliphatic carbocycles. The quantitative estimate of drug-likeness (QED) is 0.617. The van der Waals surface area contributed by atoms with E-state index in [-0.39, 0.29) is 29.2 Å². The van der Waals surface area contributed by atoms with Crippen LogP contribution in [0.1, 0.15) is 35.9 Å². The SMILES string of the molecule is COC(=O)c1c(C)oc(NC(=O)C2CCN(C(C)=O)CC2)c1-c1nc2ccccc2s1. The number of aryl methyl sites for hydroxylation is 1. The Hall–Kier alpha value is -3.20. The Balaban J connectivity index is 1.67. The van der Waals surface area contributed by atoms with Gasteiger partial charge < -0.3 is 14.1 Å². The van der Waals surface area contributed by atoms with Crippen LogP contribution in [0, 0.1) is 12.8 Å². The highest BCUT2D eigenvalue weighted by atomic mass is 32.1. The molecular formula is C22H23N3O5S. The summed E-state index contributed by atoms with van der Waals surface area (Å²) in [6.45, 7) is 4.28. The highest BCUT2D eigenvalue weighted by Crippen LogP contribution is 2.41. The van der Waals surface area contributed by atoms with Crippen LogP contribution in [0.25, 0.3) is 20.8 Å². The Kier molecular flexibility index (Phi) is 5.77. The monoisotopic (exact) mass is 441 g/mol. The first kappa shape index (κ1) is 21.0. The molecule has 1 saturated heterocycles. The number of carbonyl (C=O) groups excluding carboxylic acids is 3. The number of hydrogen-bond acceptors (Lipinski definition) is 7. The van der Waals surface area contributed by atoms with Crippen LogP contribution in [-0.4, -0.2) is 47.9 Å². The number of para-hydroxylation sites is 1. The number of rotatable bonds is 4. The molecule has 8 nitrogen and oxygen atoms in total. The average molecular weight is 442 g/mol. The molecule has 1 N–H and O–H groups in total. The maximum absolute atomic E-state index is 13.0. The number of amides is 2. The number of nitrogens with zero attached hydrogens (tertiary/aromatic N) is 2. The molecule has 9 heteroatoms. The third kappa shape index (κ3) is 4.05. The Morgan fingerprint density at radius 3 is 2.58 bits per heavy atom. The van der Waals surface area contributed by atoms with Gasteiger partial charge in [0, 0.05) is 25.9 Å². The Morgan fingerprint density at radius 1 is 1.23 bits per heavy atom. The summed E-state index contributed by atoms with van der Waals surface area (Å²) in [5.41, 5.74) is 1.48. The third-order valence-electron chi connectivity index (χ3n) is 5.53. The van der Waals surface area contributed by atoms with E-state index in [9.17, 15) is 14.4 Å². The summed E-state index contributed by atoms with van der Waals surface area (Å²) in [4.78, 5) is 43.4. The molecule has 2 amide bonds. The second-order valence-electron chi connectivity index (χ2n) is 7.49. The number of carbonyl (C=O) groups is 3. The number of aromatic nitrogens is 1. The fraction of sp³-hybridized carbons (Fsp3) is 0.364. The zero-order valence-electron chi connectivity index (χ0n) is 17.6. The number of benzene rings is 1. The summed E-state index contributed by atoms with van der Waals surface area (Å²) in [5.74, 6) is -0.438. The van der Waals surface area contributed by atoms with E-state index in [1.165, 1.54) is 25.4 Å². The second kappa shape index (κ2) is 8.50. The Bertz CT molecular complexity index is 1120. The van der Waals surface area contributed by atoms with Gasteiger partial charge in [-0.25, -0.2) is 9.78 Å². The van der Waals surface area contributed by atoms with Gasteiger partial charge in [-0.15, -0.1) is 11.3 Å². The normalized spacial score (nSPS) is 14.6. The summed E-state index contributed by atoms with van der Waals surface area (Å²) in [7, 11) is 1.30. The molecule has 4 rings (SSSR count). The highest BCUT2D eigenvalue weighted by Gasteiger charge is 2.31. The van der Waals surface area contributed by atoms with E-state index in [4.69, 9.17) is 9.15 Å². The minimum Gasteiger partial charge on any atom is -0.465 e. The fourth-order valence-corrected chi connectivity index (χ4v) is 4.85. The molecule has 0 atom stereocenters. The number of thiazole rings is 1. The van der Waals surface area contributed by atoms with Crippen LogP contribution in [0.3, 0.4) is 0 Å². The second-order valence-corrected chi connectivity index (χ2v) is 8.52. The molecule has 1 aromatic carbocycles. The lowest BCUT2D eigenvalue weighted by Gasteiger charge is -2.30. The molecule has 3 aromatic rings. The standard InChI is InChI=1S/C22H23N3O5S/c1-12-17(22(28)29-3)18(21-23-15-6-4-5-7-16(15)31-21)20(30-12)24-19(27)14-8-10-25(11-9-14)13(2)26/h4-7,14H,8-11H2,1-3H3,(H,24,27). The Morgan fingerprint density at radius 2 is 1.94 bits per heavy atom. The van der Waals surface area contributed by atoms with E-state index in [1.807, 2.05) is 24.3 Å². The predicted molar refractivity (Wildman–Crippen MR) is 117 cm³/mol. The Labute approximate surface area is 183 Å². The number of nitrogens with one attached hydrogen (secondary N) is 1. The predicted octanol–water partition coefficient (Wildman–Crippen LogP) is 3.85. The maximum atomic E-state index is 13.0. The fourth-order valence-electron chi connectivity index (χ4n) is 3.83. The van der Waals surface area contributed by atoms with Gasteiger partial charge >= 0.3 is 5.97 Å². The summed E-state index contributed by atoms with van der Waals surface area (Å²) in [6.07, 6.45) is 1.15. The van der Waals surface area contributed by atoms with E-state index in [0.29, 0.717) is 42.3 Å². The van der Waals surface area contributed by atoms with E-state index in [2.05, 4.69) is 10.3 Å². The molecule has 0 radical (unpaired) electrons. The van der Waals surface area contributed by atoms with Crippen LogP contribution in [0.4, 0.5) is 5.88 Å². The van der Waals surface area contributed by atoms with Crippen LogP contribution in [0.15, 0.2) is 28.7 Å². The van der Waals surface area contributed by atoms with Crippen molar-refractivity contribution in [1.29, 1.82) is 0 Å². The van der Waals surface area contributed by atoms with Crippen molar-refractivity contribution < 1.29 is 23.5 Å². The third-order valence-corrected chi connectivity index (χ3v) is 6.58. The highest BCUT2D eigenvalue weighted by molar-refractivity contribution is 7.21. The van der Waals surface area contributed by atoms with Crippen molar-refractivity contribution in [1.82, 2.24) is 9.88 Å². The zero-order chi connectivity index (χ0) is 22.1. The average Bonchev–Trinajstić information content (AvgIpc) is 3.33. The van der Waals surface area contributed by atoms with Crippen molar-refractivity contribution >= 4 is 45.2 Å². The number of ether oxygens (including phenoxy) is 1. The van der Waals surface area contributed by atoms with Gasteiger partial charge in [0.1, 0.15) is 16.3 Å². The molecular weight excluding hydrogens is 418 g/mol. The topological polar surface area (TPSA) is 102 Å². The lowest BCUT2D eigenvalue weighted by molar-refractivity contribution is -0.132. The maximum Gasteiger partial charge on any atom is 0.342 e. The van der Waals surface area contributed by atoms with Gasteiger partial charge in [0.05, 0.1) is 22.9 Å². The van der Waals surface area contributed by atoms with E-state index >= 15 is 0 Å². The molecule has 31 heavy (non-hydrogen) atoms. The van der Waals surface area contributed by atoms with Gasteiger partial charge in [-0.3, -0.25) is 14.9 Å². The van der Waals surface area contributed by atoms with Crippen LogP contribution in [-0.2, 0) is 14.3 Å². The number of piperidine rings is 1. The van der Waals surface area contributed by atoms with Gasteiger partial charge in [0.2, 0.25) is 17.7 Å². The van der Waals surface area contributed by atoms with Crippen molar-refractivity contribution in [3.8, 4) is 10.6 Å². The first-order chi connectivity index (χ1) is 14.9. The summed E-state index contributed by atoms with van der Waals surface area (Å²) >= 11 is 1.41. The van der Waals surface area contributed by atoms with Crippen molar-refractivity contribution in [2.24, 2.45) is 5.92 Å². The molecule has 1 aliphatic heterocycles. The van der Waals surface area contributed by atoms with Crippen LogP contribution >= 0.6 is 11.3 Å². The van der Waals surface area contributed by atoms with Crippen molar-refractivity contribution in [3.63, 3.8) is 0 Å². The van der Waals surface area contributed by atoms with Crippen molar-refractivity contribution in [2.75, 3.05) is 25.5 Å². The zero-order valence-corrected chi connectivity index (χ0v) is 18.4. The van der Waals surface area contributed by atoms with Gasteiger partial charge in [-0.1, -0.05) is 12.1 Å². The van der Waals surface area contributed by atoms with Gasteiger partial charge in [-0.05, 0) is 31.9 Å². The summed E-state index contributed by atoms with van der Waals surface area (Å²) in [6, 6.07) is 7.65. The van der Waals surface area contributed by atoms with Crippen molar-refractivity contribution in [2.45, 2.75) is 26.7 Å². The van der Waals surface area contributed by atoms with Gasteiger partial charge in [0.25, 0.3) is 0 Å². The lowest BCUT2D eigenvalue weighted by atomic mass is 9.96. The number of anilines is 1. The number of likely N-dealkylation sites (tertiary alicyclic amines) is 1. The number of esters is 1. The van der Waals surface area contributed by atoms with Crippen LogP contribution in [0.2, 0.25) is 0 Å². The molecule has 1 aliphatic rings. The van der Waals surface area contributed by atoms with E-state index in [1.54, 1.807) is 11.8 Å². The summed E-state index contributed by atoms with van der Waals surface area (Å²) in [5, 5.41) is 3.43. The van der Waals surface area contributed by atoms with Crippen LogP contribution in [0.5, 0.6) is 0 Å². The molecule has 3 heterocycles. The number of methoxy groups -OCH3 is 1. The first-order valence-corrected chi connectivity index (χ1v) is 10.8. The van der Waals surface area contributed by atoms with E-state index in [0.717, 1.165) is 10.2 Å². The smallest absolute Gasteiger partial charge is 0.342 e. The van der Waals surface area contributed by atoms with Gasteiger partial charge in [-0.2, -0.15) is 0 Å². The summed E-state index contributed by atoms with van der Waals surface area (Å²) < 4.78 is 11.7.